The summed E-state index contributed by atoms with van der Waals surface area (Å²) >= 11 is 6.19. The smallest absolute Gasteiger partial charge is 0.331 e. The Morgan fingerprint density at radius 1 is 1.05 bits per heavy atom. The molecule has 1 N–H and O–H groups in total. The number of rotatable bonds is 3. The molecule has 3 heteroatoms. The van der Waals surface area contributed by atoms with Crippen LogP contribution < -0.4 is 0 Å². The minimum absolute atomic E-state index is 0.291. The number of hydrogen-bond acceptors (Lipinski definition) is 1. The Balaban J connectivity index is 2.57. The molecule has 0 fully saturated rings. The normalized spacial score (nSPS) is 11.4. The Morgan fingerprint density at radius 3 is 2.26 bits per heavy atom. The van der Waals surface area contributed by atoms with E-state index in [0.29, 0.717) is 10.6 Å². The van der Waals surface area contributed by atoms with Crippen LogP contribution in [0, 0.1) is 0 Å². The van der Waals surface area contributed by atoms with Gasteiger partial charge in [0.2, 0.25) is 0 Å². The van der Waals surface area contributed by atoms with Crippen molar-refractivity contribution in [1.82, 2.24) is 0 Å². The first-order valence-electron chi connectivity index (χ1n) is 5.85. The minimum Gasteiger partial charge on any atom is -0.478 e. The molecule has 0 saturated heterocycles. The van der Waals surface area contributed by atoms with Gasteiger partial charge < -0.3 is 5.11 Å². The third-order valence-electron chi connectivity index (χ3n) is 2.83. The van der Waals surface area contributed by atoms with Gasteiger partial charge in [-0.05, 0) is 30.2 Å². The van der Waals surface area contributed by atoms with E-state index in [1.807, 2.05) is 48.5 Å². The van der Waals surface area contributed by atoms with Crippen molar-refractivity contribution in [1.29, 1.82) is 0 Å². The van der Waals surface area contributed by atoms with Crippen LogP contribution in [-0.2, 0) is 4.79 Å². The molecule has 0 unspecified atom stereocenters. The van der Waals surface area contributed by atoms with Gasteiger partial charge in [-0.15, -0.1) is 0 Å². The Kier molecular flexibility index (Phi) is 4.03. The fraction of sp³-hybridized carbons (Fsp3) is 0.0625. The summed E-state index contributed by atoms with van der Waals surface area (Å²) in [6, 6.07) is 15.1. The third-order valence-corrected chi connectivity index (χ3v) is 3.16. The van der Waals surface area contributed by atoms with Gasteiger partial charge in [0.05, 0.1) is 0 Å². The highest BCUT2D eigenvalue weighted by Gasteiger charge is 2.08. The van der Waals surface area contributed by atoms with Crippen LogP contribution in [0.2, 0.25) is 5.02 Å². The van der Waals surface area contributed by atoms with Crippen LogP contribution in [0.1, 0.15) is 12.5 Å². The highest BCUT2D eigenvalue weighted by molar-refractivity contribution is 6.33. The van der Waals surface area contributed by atoms with Gasteiger partial charge in [0.1, 0.15) is 0 Å². The maximum absolute atomic E-state index is 10.9. The number of aliphatic carboxylic acids is 1. The number of carboxylic acids is 1. The number of hydrogen-bond donors (Lipinski definition) is 1. The second kappa shape index (κ2) is 5.72. The van der Waals surface area contributed by atoms with Gasteiger partial charge >= 0.3 is 5.97 Å². The number of carbonyl (C=O) groups is 1. The Morgan fingerprint density at radius 2 is 1.63 bits per heavy atom. The van der Waals surface area contributed by atoms with Gasteiger partial charge in [-0.2, -0.15) is 0 Å². The zero-order valence-corrected chi connectivity index (χ0v) is 11.2. The first-order valence-corrected chi connectivity index (χ1v) is 6.23. The predicted molar refractivity (Wildman–Crippen MR) is 78.2 cm³/mol. The Bertz CT molecular complexity index is 645. The lowest BCUT2D eigenvalue weighted by atomic mass is 9.98. The van der Waals surface area contributed by atoms with Crippen LogP contribution in [0.3, 0.4) is 0 Å². The molecule has 19 heavy (non-hydrogen) atoms. The van der Waals surface area contributed by atoms with E-state index in [0.717, 1.165) is 16.7 Å². The fourth-order valence-electron chi connectivity index (χ4n) is 1.84. The van der Waals surface area contributed by atoms with E-state index in [9.17, 15) is 4.79 Å². The molecule has 0 bridgehead atoms. The molecule has 0 spiro atoms. The van der Waals surface area contributed by atoms with Crippen LogP contribution in [0.25, 0.3) is 17.2 Å². The SMILES string of the molecule is C/C(=C\c1ccccc1-c1ccccc1Cl)C(=O)O. The van der Waals surface area contributed by atoms with Gasteiger partial charge in [-0.3, -0.25) is 0 Å². The molecule has 2 rings (SSSR count). The quantitative estimate of drug-likeness (QED) is 0.836. The molecule has 2 nitrogen and oxygen atoms in total. The van der Waals surface area contributed by atoms with Gasteiger partial charge in [0, 0.05) is 16.2 Å². The van der Waals surface area contributed by atoms with Crippen LogP contribution in [0.5, 0.6) is 0 Å². The summed E-state index contributed by atoms with van der Waals surface area (Å²) in [7, 11) is 0. The second-order valence-corrected chi connectivity index (χ2v) is 4.61. The molecule has 0 saturated carbocycles. The molecular weight excluding hydrogens is 260 g/mol. The van der Waals surface area contributed by atoms with Crippen molar-refractivity contribution in [2.24, 2.45) is 0 Å². The van der Waals surface area contributed by atoms with Gasteiger partial charge in [-0.1, -0.05) is 54.1 Å². The lowest BCUT2D eigenvalue weighted by Crippen LogP contribution is -1.96. The molecule has 0 aliphatic rings. The first kappa shape index (κ1) is 13.4. The van der Waals surface area contributed by atoms with Crippen molar-refractivity contribution in [3.63, 3.8) is 0 Å². The monoisotopic (exact) mass is 272 g/mol. The van der Waals surface area contributed by atoms with E-state index in [4.69, 9.17) is 16.7 Å². The van der Waals surface area contributed by atoms with Crippen LogP contribution >= 0.6 is 11.6 Å². The van der Waals surface area contributed by atoms with Crippen molar-refractivity contribution in [2.45, 2.75) is 6.92 Å². The maximum atomic E-state index is 10.9. The molecule has 0 aromatic heterocycles. The average Bonchev–Trinajstić information content (AvgIpc) is 2.40. The van der Waals surface area contributed by atoms with E-state index in [2.05, 4.69) is 0 Å². The standard InChI is InChI=1S/C16H13ClO2/c1-11(16(18)19)10-12-6-2-3-7-13(12)14-8-4-5-9-15(14)17/h2-10H,1H3,(H,18,19)/b11-10+. The summed E-state index contributed by atoms with van der Waals surface area (Å²) in [5.41, 5.74) is 2.96. The highest BCUT2D eigenvalue weighted by Crippen LogP contribution is 2.31. The molecule has 2 aromatic rings. The van der Waals surface area contributed by atoms with Gasteiger partial charge in [-0.25, -0.2) is 4.79 Å². The van der Waals surface area contributed by atoms with Crippen LogP contribution in [0.4, 0.5) is 0 Å². The highest BCUT2D eigenvalue weighted by atomic mass is 35.5. The molecular formula is C16H13ClO2. The number of carboxylic acid groups (broad SMARTS) is 1. The lowest BCUT2D eigenvalue weighted by molar-refractivity contribution is -0.132. The second-order valence-electron chi connectivity index (χ2n) is 4.20. The largest absolute Gasteiger partial charge is 0.478 e. The molecule has 0 atom stereocenters. The molecule has 2 aromatic carbocycles. The zero-order chi connectivity index (χ0) is 13.8. The van der Waals surface area contributed by atoms with E-state index in [1.165, 1.54) is 0 Å². The Hall–Kier alpha value is -2.06. The van der Waals surface area contributed by atoms with E-state index < -0.39 is 5.97 Å². The minimum atomic E-state index is -0.922. The molecule has 0 aliphatic carbocycles. The number of benzene rings is 2. The van der Waals surface area contributed by atoms with E-state index >= 15 is 0 Å². The van der Waals surface area contributed by atoms with E-state index in [-0.39, 0.29) is 0 Å². The summed E-state index contributed by atoms with van der Waals surface area (Å²) in [5.74, 6) is -0.922. The summed E-state index contributed by atoms with van der Waals surface area (Å²) in [6.45, 7) is 1.58. The summed E-state index contributed by atoms with van der Waals surface area (Å²) in [6.07, 6.45) is 1.65. The first-order chi connectivity index (χ1) is 9.09. The molecule has 0 aliphatic heterocycles. The maximum Gasteiger partial charge on any atom is 0.331 e. The topological polar surface area (TPSA) is 37.3 Å². The average molecular weight is 273 g/mol. The van der Waals surface area contributed by atoms with Crippen molar-refractivity contribution in [2.75, 3.05) is 0 Å². The summed E-state index contributed by atoms with van der Waals surface area (Å²) in [5, 5.41) is 9.61. The summed E-state index contributed by atoms with van der Waals surface area (Å²) < 4.78 is 0. The Labute approximate surface area is 117 Å². The summed E-state index contributed by atoms with van der Waals surface area (Å²) in [4.78, 5) is 10.9. The fourth-order valence-corrected chi connectivity index (χ4v) is 2.08. The van der Waals surface area contributed by atoms with Crippen molar-refractivity contribution >= 4 is 23.6 Å². The molecule has 0 amide bonds. The number of halogens is 1. The third kappa shape index (κ3) is 3.04. The molecule has 96 valence electrons. The van der Waals surface area contributed by atoms with Gasteiger partial charge in [0.25, 0.3) is 0 Å². The lowest BCUT2D eigenvalue weighted by Gasteiger charge is -2.08. The van der Waals surface area contributed by atoms with E-state index in [1.54, 1.807) is 13.0 Å². The van der Waals surface area contributed by atoms with Crippen LogP contribution in [0.15, 0.2) is 54.1 Å². The van der Waals surface area contributed by atoms with Crippen molar-refractivity contribution in [3.05, 3.63) is 64.7 Å². The van der Waals surface area contributed by atoms with Crippen LogP contribution in [-0.4, -0.2) is 11.1 Å². The van der Waals surface area contributed by atoms with Crippen molar-refractivity contribution < 1.29 is 9.90 Å². The molecule has 0 heterocycles. The van der Waals surface area contributed by atoms with Crippen molar-refractivity contribution in [3.8, 4) is 11.1 Å². The van der Waals surface area contributed by atoms with Gasteiger partial charge in [0.15, 0.2) is 0 Å². The predicted octanol–water partition coefficient (Wildman–Crippen LogP) is 4.49. The zero-order valence-electron chi connectivity index (χ0n) is 10.4. The molecule has 0 radical (unpaired) electrons.